The Morgan fingerprint density at radius 1 is 1.21 bits per heavy atom. The van der Waals surface area contributed by atoms with Crippen molar-refractivity contribution in [1.82, 2.24) is 4.90 Å². The van der Waals surface area contributed by atoms with Crippen LogP contribution in [0.1, 0.15) is 31.2 Å². The Labute approximate surface area is 114 Å². The number of amides is 1. The first kappa shape index (κ1) is 12.7. The van der Waals surface area contributed by atoms with E-state index in [-0.39, 0.29) is 11.5 Å². The van der Waals surface area contributed by atoms with E-state index in [1.54, 1.807) is 0 Å². The topological polar surface area (TPSA) is 46.3 Å². The zero-order valence-electron chi connectivity index (χ0n) is 11.3. The Balaban J connectivity index is 1.66. The lowest BCUT2D eigenvalue weighted by Crippen LogP contribution is -2.46. The molecule has 3 rings (SSSR count). The standard InChI is InChI=1S/C16H22N2O/c17-14-6-10-18(11-7-14)15(19)16(8-9-16)12-13-4-2-1-3-5-13/h1-5,14H,6-12,17H2. The number of carbonyl (C=O) groups excluding carboxylic acids is 1. The number of hydrogen-bond donors (Lipinski definition) is 1. The van der Waals surface area contributed by atoms with E-state index in [0.29, 0.717) is 5.91 Å². The lowest BCUT2D eigenvalue weighted by Gasteiger charge is -2.33. The van der Waals surface area contributed by atoms with Crippen molar-refractivity contribution in [3.05, 3.63) is 35.9 Å². The molecule has 3 heteroatoms. The monoisotopic (exact) mass is 258 g/mol. The summed E-state index contributed by atoms with van der Waals surface area (Å²) in [6.07, 6.45) is 4.89. The Morgan fingerprint density at radius 3 is 2.42 bits per heavy atom. The number of nitrogens with two attached hydrogens (primary N) is 1. The molecule has 1 heterocycles. The molecule has 1 saturated heterocycles. The fourth-order valence-corrected chi connectivity index (χ4v) is 3.04. The minimum atomic E-state index is -0.0945. The van der Waals surface area contributed by atoms with Crippen molar-refractivity contribution in [3.8, 4) is 0 Å². The molecule has 1 amide bonds. The lowest BCUT2D eigenvalue weighted by molar-refractivity contribution is -0.138. The molecular weight excluding hydrogens is 236 g/mol. The molecule has 1 aliphatic carbocycles. The summed E-state index contributed by atoms with van der Waals surface area (Å²) in [7, 11) is 0. The van der Waals surface area contributed by atoms with Crippen LogP contribution in [0, 0.1) is 5.41 Å². The van der Waals surface area contributed by atoms with E-state index < -0.39 is 0 Å². The van der Waals surface area contributed by atoms with E-state index in [2.05, 4.69) is 24.3 Å². The van der Waals surface area contributed by atoms with Gasteiger partial charge in [0.25, 0.3) is 0 Å². The molecule has 0 aromatic heterocycles. The average molecular weight is 258 g/mol. The van der Waals surface area contributed by atoms with Gasteiger partial charge in [-0.2, -0.15) is 0 Å². The summed E-state index contributed by atoms with van der Waals surface area (Å²) < 4.78 is 0. The van der Waals surface area contributed by atoms with Gasteiger partial charge in [-0.25, -0.2) is 0 Å². The third-order valence-corrected chi connectivity index (χ3v) is 4.52. The van der Waals surface area contributed by atoms with Crippen LogP contribution in [0.2, 0.25) is 0 Å². The highest BCUT2D eigenvalue weighted by atomic mass is 16.2. The second-order valence-corrected chi connectivity index (χ2v) is 6.07. The number of piperidine rings is 1. The molecule has 1 aliphatic heterocycles. The molecule has 0 unspecified atom stereocenters. The molecule has 19 heavy (non-hydrogen) atoms. The summed E-state index contributed by atoms with van der Waals surface area (Å²) >= 11 is 0. The quantitative estimate of drug-likeness (QED) is 0.901. The smallest absolute Gasteiger partial charge is 0.229 e. The van der Waals surface area contributed by atoms with Crippen LogP contribution in [0.25, 0.3) is 0 Å². The van der Waals surface area contributed by atoms with E-state index >= 15 is 0 Å². The first-order chi connectivity index (χ1) is 9.20. The van der Waals surface area contributed by atoms with E-state index in [1.807, 2.05) is 11.0 Å². The number of nitrogens with zero attached hydrogens (tertiary/aromatic N) is 1. The molecule has 2 N–H and O–H groups in total. The predicted octanol–water partition coefficient (Wildman–Crippen LogP) is 1.96. The maximum Gasteiger partial charge on any atom is 0.229 e. The van der Waals surface area contributed by atoms with Gasteiger partial charge in [0.2, 0.25) is 5.91 Å². The number of carbonyl (C=O) groups is 1. The summed E-state index contributed by atoms with van der Waals surface area (Å²) in [6, 6.07) is 10.7. The van der Waals surface area contributed by atoms with Crippen LogP contribution in [0.3, 0.4) is 0 Å². The molecule has 1 saturated carbocycles. The van der Waals surface area contributed by atoms with E-state index in [4.69, 9.17) is 5.73 Å². The second-order valence-electron chi connectivity index (χ2n) is 6.07. The molecule has 0 atom stereocenters. The molecule has 0 bridgehead atoms. The van der Waals surface area contributed by atoms with Gasteiger partial charge in [-0.05, 0) is 37.7 Å². The van der Waals surface area contributed by atoms with Crippen LogP contribution in [0.15, 0.2) is 30.3 Å². The summed E-state index contributed by atoms with van der Waals surface area (Å²) in [5.74, 6) is 0.364. The number of hydrogen-bond acceptors (Lipinski definition) is 2. The van der Waals surface area contributed by atoms with Gasteiger partial charge in [-0.15, -0.1) is 0 Å². The van der Waals surface area contributed by atoms with E-state index in [9.17, 15) is 4.79 Å². The van der Waals surface area contributed by atoms with Gasteiger partial charge in [0.15, 0.2) is 0 Å². The molecular formula is C16H22N2O. The second kappa shape index (κ2) is 4.97. The van der Waals surface area contributed by atoms with Crippen molar-refractivity contribution >= 4 is 5.91 Å². The highest BCUT2D eigenvalue weighted by Gasteiger charge is 2.51. The molecule has 0 radical (unpaired) electrons. The molecule has 2 aliphatic rings. The van der Waals surface area contributed by atoms with Gasteiger partial charge in [-0.3, -0.25) is 4.79 Å². The number of benzene rings is 1. The first-order valence-electron chi connectivity index (χ1n) is 7.28. The summed E-state index contributed by atoms with van der Waals surface area (Å²) in [5, 5.41) is 0. The molecule has 102 valence electrons. The normalized spacial score (nSPS) is 22.3. The third kappa shape index (κ3) is 2.66. The number of likely N-dealkylation sites (tertiary alicyclic amines) is 1. The molecule has 0 spiro atoms. The molecule has 1 aromatic carbocycles. The highest BCUT2D eigenvalue weighted by molar-refractivity contribution is 5.85. The Kier molecular flexibility index (Phi) is 3.31. The maximum atomic E-state index is 12.7. The van der Waals surface area contributed by atoms with Gasteiger partial charge >= 0.3 is 0 Å². The van der Waals surface area contributed by atoms with Gasteiger partial charge in [-0.1, -0.05) is 30.3 Å². The van der Waals surface area contributed by atoms with Crippen LogP contribution in [-0.4, -0.2) is 29.9 Å². The van der Waals surface area contributed by atoms with E-state index in [0.717, 1.165) is 45.2 Å². The fraction of sp³-hybridized carbons (Fsp3) is 0.562. The summed E-state index contributed by atoms with van der Waals surface area (Å²) in [4.78, 5) is 14.7. The van der Waals surface area contributed by atoms with Gasteiger partial charge < -0.3 is 10.6 Å². The lowest BCUT2D eigenvalue weighted by atomic mass is 9.93. The van der Waals surface area contributed by atoms with Crippen molar-refractivity contribution in [3.63, 3.8) is 0 Å². The average Bonchev–Trinajstić information content (AvgIpc) is 3.21. The highest BCUT2D eigenvalue weighted by Crippen LogP contribution is 2.50. The van der Waals surface area contributed by atoms with Gasteiger partial charge in [0.05, 0.1) is 5.41 Å². The van der Waals surface area contributed by atoms with Crippen molar-refractivity contribution < 1.29 is 4.79 Å². The predicted molar refractivity (Wildman–Crippen MR) is 75.6 cm³/mol. The third-order valence-electron chi connectivity index (χ3n) is 4.52. The van der Waals surface area contributed by atoms with E-state index in [1.165, 1.54) is 5.56 Å². The SMILES string of the molecule is NC1CCN(C(=O)C2(Cc3ccccc3)CC2)CC1. The van der Waals surface area contributed by atoms with Crippen LogP contribution >= 0.6 is 0 Å². The molecule has 2 fully saturated rings. The van der Waals surface area contributed by atoms with Crippen LogP contribution in [0.5, 0.6) is 0 Å². The Bertz CT molecular complexity index is 445. The summed E-state index contributed by atoms with van der Waals surface area (Å²) in [6.45, 7) is 1.69. The van der Waals surface area contributed by atoms with Crippen molar-refractivity contribution in [2.45, 2.75) is 38.1 Å². The minimum Gasteiger partial charge on any atom is -0.342 e. The van der Waals surface area contributed by atoms with Crippen molar-refractivity contribution in [2.75, 3.05) is 13.1 Å². The molecule has 3 nitrogen and oxygen atoms in total. The first-order valence-corrected chi connectivity index (χ1v) is 7.28. The van der Waals surface area contributed by atoms with Crippen molar-refractivity contribution in [1.29, 1.82) is 0 Å². The van der Waals surface area contributed by atoms with Gasteiger partial charge in [0, 0.05) is 19.1 Å². The van der Waals surface area contributed by atoms with Crippen molar-refractivity contribution in [2.24, 2.45) is 11.1 Å². The van der Waals surface area contributed by atoms with Gasteiger partial charge in [0.1, 0.15) is 0 Å². The summed E-state index contributed by atoms with van der Waals surface area (Å²) in [5.41, 5.74) is 7.09. The van der Waals surface area contributed by atoms with Crippen LogP contribution < -0.4 is 5.73 Å². The number of rotatable bonds is 3. The maximum absolute atomic E-state index is 12.7. The Morgan fingerprint density at radius 2 is 1.84 bits per heavy atom. The minimum absolute atomic E-state index is 0.0945. The zero-order chi connectivity index (χ0) is 13.3. The Hall–Kier alpha value is -1.35. The zero-order valence-corrected chi connectivity index (χ0v) is 11.3. The van der Waals surface area contributed by atoms with Crippen LogP contribution in [0.4, 0.5) is 0 Å². The van der Waals surface area contributed by atoms with Crippen LogP contribution in [-0.2, 0) is 11.2 Å². The molecule has 1 aromatic rings. The fourth-order valence-electron chi connectivity index (χ4n) is 3.04. The largest absolute Gasteiger partial charge is 0.342 e.